The predicted octanol–water partition coefficient (Wildman–Crippen LogP) is 1.49. The predicted molar refractivity (Wildman–Crippen MR) is 110 cm³/mol. The highest BCUT2D eigenvalue weighted by Crippen LogP contribution is 2.19. The van der Waals surface area contributed by atoms with Gasteiger partial charge in [-0.05, 0) is 48.9 Å². The summed E-state index contributed by atoms with van der Waals surface area (Å²) in [7, 11) is 0. The molecule has 2 aromatic carbocycles. The van der Waals surface area contributed by atoms with Gasteiger partial charge >= 0.3 is 0 Å². The van der Waals surface area contributed by atoms with Crippen LogP contribution in [0.25, 0.3) is 0 Å². The number of nitrogen functional groups attached to an aromatic ring is 1. The monoisotopic (exact) mass is 380 g/mol. The molecule has 0 unspecified atom stereocenters. The molecule has 0 saturated carbocycles. The molecule has 1 aliphatic heterocycles. The van der Waals surface area contributed by atoms with E-state index in [0.717, 1.165) is 29.7 Å². The first-order valence-electron chi connectivity index (χ1n) is 9.76. The van der Waals surface area contributed by atoms with Gasteiger partial charge in [-0.2, -0.15) is 0 Å². The van der Waals surface area contributed by atoms with E-state index < -0.39 is 12.1 Å². The fraction of sp³-hybridized carbons (Fsp3) is 0.364. The molecule has 2 atom stereocenters. The Morgan fingerprint density at radius 3 is 2.50 bits per heavy atom. The Kier molecular flexibility index (Phi) is 6.66. The van der Waals surface area contributed by atoms with Crippen LogP contribution >= 0.6 is 0 Å². The number of amides is 2. The Balaban J connectivity index is 1.51. The number of rotatable bonds is 7. The van der Waals surface area contributed by atoms with Crippen molar-refractivity contribution in [3.8, 4) is 0 Å². The maximum Gasteiger partial charge on any atom is 0.242 e. The number of hydrogen-bond acceptors (Lipinski definition) is 4. The number of likely N-dealkylation sites (tertiary alicyclic amines) is 1. The van der Waals surface area contributed by atoms with Crippen LogP contribution in [0.5, 0.6) is 0 Å². The first-order valence-corrected chi connectivity index (χ1v) is 9.76. The van der Waals surface area contributed by atoms with E-state index in [0.29, 0.717) is 25.9 Å². The van der Waals surface area contributed by atoms with Crippen LogP contribution < -0.4 is 16.8 Å². The van der Waals surface area contributed by atoms with Crippen LogP contribution in [-0.4, -0.2) is 41.9 Å². The number of anilines is 1. The highest BCUT2D eigenvalue weighted by atomic mass is 16.2. The van der Waals surface area contributed by atoms with E-state index >= 15 is 0 Å². The third-order valence-electron chi connectivity index (χ3n) is 5.15. The molecule has 1 fully saturated rings. The zero-order valence-electron chi connectivity index (χ0n) is 16.0. The van der Waals surface area contributed by atoms with Gasteiger partial charge in [-0.15, -0.1) is 0 Å². The second kappa shape index (κ2) is 9.37. The van der Waals surface area contributed by atoms with Gasteiger partial charge in [0.15, 0.2) is 0 Å². The van der Waals surface area contributed by atoms with Crippen molar-refractivity contribution in [1.82, 2.24) is 10.2 Å². The summed E-state index contributed by atoms with van der Waals surface area (Å²) in [5.41, 5.74) is 14.7. The van der Waals surface area contributed by atoms with Gasteiger partial charge in [0.1, 0.15) is 6.04 Å². The summed E-state index contributed by atoms with van der Waals surface area (Å²) < 4.78 is 0. The summed E-state index contributed by atoms with van der Waals surface area (Å²) >= 11 is 0. The second-order valence-electron chi connectivity index (χ2n) is 7.27. The highest BCUT2D eigenvalue weighted by molar-refractivity contribution is 5.90. The minimum atomic E-state index is -0.634. The van der Waals surface area contributed by atoms with E-state index in [-0.39, 0.29) is 11.8 Å². The summed E-state index contributed by atoms with van der Waals surface area (Å²) in [6.45, 7) is 1.11. The van der Waals surface area contributed by atoms with Crippen molar-refractivity contribution in [2.45, 2.75) is 37.8 Å². The standard InChI is InChI=1S/C22H28N4O2/c23-18-10-8-16(9-11-18)12-13-25-21(27)20-7-4-14-26(20)22(28)19(24)15-17-5-2-1-3-6-17/h1-3,5-6,8-11,19-20H,4,7,12-15,23-24H2,(H,25,27)/t19-,20+/m1/s1. The molecular formula is C22H28N4O2. The molecule has 6 nitrogen and oxygen atoms in total. The third kappa shape index (κ3) is 5.10. The molecule has 2 amide bonds. The van der Waals surface area contributed by atoms with Gasteiger partial charge < -0.3 is 21.7 Å². The Hall–Kier alpha value is -2.86. The lowest BCUT2D eigenvalue weighted by Crippen LogP contribution is -2.52. The number of hydrogen-bond donors (Lipinski definition) is 3. The normalized spacial score (nSPS) is 17.3. The zero-order chi connectivity index (χ0) is 19.9. The minimum absolute atomic E-state index is 0.104. The van der Waals surface area contributed by atoms with Gasteiger partial charge in [-0.3, -0.25) is 9.59 Å². The molecule has 0 spiro atoms. The minimum Gasteiger partial charge on any atom is -0.399 e. The molecule has 1 saturated heterocycles. The summed E-state index contributed by atoms with van der Waals surface area (Å²) in [6.07, 6.45) is 2.69. The number of carbonyl (C=O) groups is 2. The van der Waals surface area contributed by atoms with Crippen molar-refractivity contribution in [2.75, 3.05) is 18.8 Å². The fourth-order valence-electron chi connectivity index (χ4n) is 3.60. The maximum atomic E-state index is 12.8. The number of carbonyl (C=O) groups excluding carboxylic acids is 2. The van der Waals surface area contributed by atoms with Crippen LogP contribution in [0, 0.1) is 0 Å². The van der Waals surface area contributed by atoms with Crippen molar-refractivity contribution < 1.29 is 9.59 Å². The van der Waals surface area contributed by atoms with Gasteiger partial charge in [0.2, 0.25) is 11.8 Å². The molecule has 2 aromatic rings. The van der Waals surface area contributed by atoms with Crippen molar-refractivity contribution >= 4 is 17.5 Å². The summed E-state index contributed by atoms with van der Waals surface area (Å²) in [5.74, 6) is -0.256. The molecule has 3 rings (SSSR count). The number of benzene rings is 2. The fourth-order valence-corrected chi connectivity index (χ4v) is 3.60. The second-order valence-corrected chi connectivity index (χ2v) is 7.27. The first kappa shape index (κ1) is 19.9. The highest BCUT2D eigenvalue weighted by Gasteiger charge is 2.35. The maximum absolute atomic E-state index is 12.8. The molecule has 6 heteroatoms. The topological polar surface area (TPSA) is 101 Å². The molecule has 0 aromatic heterocycles. The van der Waals surface area contributed by atoms with Crippen LogP contribution in [0.2, 0.25) is 0 Å². The number of nitrogens with zero attached hydrogens (tertiary/aromatic N) is 1. The van der Waals surface area contributed by atoms with Gasteiger partial charge in [-0.25, -0.2) is 0 Å². The van der Waals surface area contributed by atoms with Crippen LogP contribution in [0.3, 0.4) is 0 Å². The number of nitrogens with one attached hydrogen (secondary N) is 1. The van der Waals surface area contributed by atoms with Crippen molar-refractivity contribution in [3.63, 3.8) is 0 Å². The van der Waals surface area contributed by atoms with Gasteiger partial charge in [0.05, 0.1) is 6.04 Å². The molecule has 0 aliphatic carbocycles. The van der Waals surface area contributed by atoms with Crippen molar-refractivity contribution in [3.05, 3.63) is 65.7 Å². The van der Waals surface area contributed by atoms with Gasteiger partial charge in [-0.1, -0.05) is 42.5 Å². The quantitative estimate of drug-likeness (QED) is 0.634. The van der Waals surface area contributed by atoms with E-state index in [1.807, 2.05) is 54.6 Å². The SMILES string of the molecule is Nc1ccc(CCNC(=O)[C@@H]2CCCN2C(=O)[C@H](N)Cc2ccccc2)cc1. The summed E-state index contributed by atoms with van der Waals surface area (Å²) in [4.78, 5) is 27.1. The lowest BCUT2D eigenvalue weighted by Gasteiger charge is -2.26. The van der Waals surface area contributed by atoms with E-state index in [2.05, 4.69) is 5.32 Å². The van der Waals surface area contributed by atoms with E-state index in [1.54, 1.807) is 4.90 Å². The summed E-state index contributed by atoms with van der Waals surface area (Å²) in [5, 5.41) is 2.96. The Morgan fingerprint density at radius 1 is 1.07 bits per heavy atom. The Morgan fingerprint density at radius 2 is 1.79 bits per heavy atom. The molecule has 1 aliphatic rings. The first-order chi connectivity index (χ1) is 13.5. The average Bonchev–Trinajstić information content (AvgIpc) is 3.19. The molecule has 0 radical (unpaired) electrons. The summed E-state index contributed by atoms with van der Waals surface area (Å²) in [6, 6.07) is 16.3. The Bertz CT molecular complexity index is 792. The molecule has 1 heterocycles. The largest absolute Gasteiger partial charge is 0.399 e. The average molecular weight is 380 g/mol. The molecule has 0 bridgehead atoms. The van der Waals surface area contributed by atoms with E-state index in [9.17, 15) is 9.59 Å². The Labute approximate surface area is 165 Å². The molecule has 5 N–H and O–H groups in total. The van der Waals surface area contributed by atoms with Gasteiger partial charge in [0, 0.05) is 18.8 Å². The van der Waals surface area contributed by atoms with Crippen molar-refractivity contribution in [1.29, 1.82) is 0 Å². The van der Waals surface area contributed by atoms with Crippen LogP contribution in [0.4, 0.5) is 5.69 Å². The van der Waals surface area contributed by atoms with Crippen LogP contribution in [-0.2, 0) is 22.4 Å². The van der Waals surface area contributed by atoms with E-state index in [1.165, 1.54) is 0 Å². The third-order valence-corrected chi connectivity index (χ3v) is 5.15. The van der Waals surface area contributed by atoms with Crippen LogP contribution in [0.1, 0.15) is 24.0 Å². The van der Waals surface area contributed by atoms with Crippen LogP contribution in [0.15, 0.2) is 54.6 Å². The zero-order valence-corrected chi connectivity index (χ0v) is 16.0. The lowest BCUT2D eigenvalue weighted by molar-refractivity contribution is -0.139. The smallest absolute Gasteiger partial charge is 0.242 e. The lowest BCUT2D eigenvalue weighted by atomic mass is 10.1. The number of nitrogens with two attached hydrogens (primary N) is 2. The molecule has 148 valence electrons. The molecule has 28 heavy (non-hydrogen) atoms. The van der Waals surface area contributed by atoms with E-state index in [4.69, 9.17) is 11.5 Å². The van der Waals surface area contributed by atoms with Gasteiger partial charge in [0.25, 0.3) is 0 Å². The van der Waals surface area contributed by atoms with Crippen molar-refractivity contribution in [2.24, 2.45) is 5.73 Å². The molecular weight excluding hydrogens is 352 g/mol.